The molecule has 1 N–H and O–H groups in total. The molecule has 0 aromatic rings. The van der Waals surface area contributed by atoms with Gasteiger partial charge in [-0.1, -0.05) is 0 Å². The number of aliphatic hydroxyl groups is 1. The molecule has 1 fully saturated rings. The molecule has 4 heteroatoms. The lowest BCUT2D eigenvalue weighted by atomic mass is 10.1. The van der Waals surface area contributed by atoms with E-state index < -0.39 is 0 Å². The summed E-state index contributed by atoms with van der Waals surface area (Å²) in [5, 5.41) is 9.37. The van der Waals surface area contributed by atoms with Crippen LogP contribution in [0.3, 0.4) is 0 Å². The fourth-order valence-electron chi connectivity index (χ4n) is 1.29. The maximum absolute atomic E-state index is 10.8. The van der Waals surface area contributed by atoms with Crippen LogP contribution in [0.5, 0.6) is 0 Å². The average Bonchev–Trinajstić information content (AvgIpc) is 2.31. The number of hydrogen-bond acceptors (Lipinski definition) is 3. The van der Waals surface area contributed by atoms with Gasteiger partial charge in [-0.05, 0) is 5.75 Å². The van der Waals surface area contributed by atoms with Crippen LogP contribution in [0.4, 0.5) is 0 Å². The highest BCUT2D eigenvalue weighted by atomic mass is 32.1. The van der Waals surface area contributed by atoms with Gasteiger partial charge in [-0.3, -0.25) is 4.79 Å². The van der Waals surface area contributed by atoms with Crippen molar-refractivity contribution in [2.45, 2.75) is 13.0 Å². The molecule has 0 bridgehead atoms. The minimum Gasteiger partial charge on any atom is -0.391 e. The molecule has 11 heavy (non-hydrogen) atoms. The van der Waals surface area contributed by atoms with E-state index in [0.717, 1.165) is 0 Å². The van der Waals surface area contributed by atoms with Gasteiger partial charge in [-0.2, -0.15) is 12.6 Å². The second-order valence-electron chi connectivity index (χ2n) is 2.93. The third-order valence-corrected chi connectivity index (χ3v) is 2.56. The molecule has 1 heterocycles. The van der Waals surface area contributed by atoms with Crippen LogP contribution in [0.15, 0.2) is 0 Å². The molecule has 1 amide bonds. The monoisotopic (exact) mass is 175 g/mol. The Bertz CT molecular complexity index is 163. The highest BCUT2D eigenvalue weighted by Crippen LogP contribution is 2.17. The quantitative estimate of drug-likeness (QED) is 0.540. The molecular weight excluding hydrogens is 162 g/mol. The second-order valence-corrected chi connectivity index (χ2v) is 3.30. The Morgan fingerprint density at radius 2 is 2.36 bits per heavy atom. The molecule has 3 nitrogen and oxygen atoms in total. The number of nitrogens with zero attached hydrogens (tertiary/aromatic N) is 1. The van der Waals surface area contributed by atoms with Gasteiger partial charge in [0.1, 0.15) is 0 Å². The number of hydrogen-bond donors (Lipinski definition) is 2. The summed E-state index contributed by atoms with van der Waals surface area (Å²) < 4.78 is 0. The van der Waals surface area contributed by atoms with Crippen LogP contribution < -0.4 is 0 Å². The fourth-order valence-corrected chi connectivity index (χ4v) is 1.65. The van der Waals surface area contributed by atoms with Crippen molar-refractivity contribution in [1.82, 2.24) is 4.90 Å². The van der Waals surface area contributed by atoms with E-state index in [1.54, 1.807) is 4.90 Å². The predicted molar refractivity (Wildman–Crippen MR) is 45.6 cm³/mol. The first-order valence-electron chi connectivity index (χ1n) is 3.69. The second kappa shape index (κ2) is 3.45. The Labute approximate surface area is 71.8 Å². The van der Waals surface area contributed by atoms with Gasteiger partial charge >= 0.3 is 0 Å². The van der Waals surface area contributed by atoms with Crippen molar-refractivity contribution in [3.8, 4) is 0 Å². The number of rotatable bonds is 1. The molecule has 2 atom stereocenters. The average molecular weight is 175 g/mol. The van der Waals surface area contributed by atoms with E-state index in [-0.39, 0.29) is 17.9 Å². The number of carbonyl (C=O) groups excluding carboxylic acids is 1. The van der Waals surface area contributed by atoms with Crippen molar-refractivity contribution in [2.24, 2.45) is 5.92 Å². The number of amides is 1. The standard InChI is InChI=1S/C7H13NO2S/c1-5(9)8-2-6(4-11)7(10)3-8/h6-7,10-11H,2-4H2,1H3. The van der Waals surface area contributed by atoms with Crippen LogP contribution in [-0.2, 0) is 4.79 Å². The fraction of sp³-hybridized carbons (Fsp3) is 0.857. The van der Waals surface area contributed by atoms with Gasteiger partial charge in [-0.15, -0.1) is 0 Å². The first kappa shape index (κ1) is 8.87. The lowest BCUT2D eigenvalue weighted by Crippen LogP contribution is -2.26. The molecule has 64 valence electrons. The van der Waals surface area contributed by atoms with Crippen molar-refractivity contribution in [1.29, 1.82) is 0 Å². The van der Waals surface area contributed by atoms with Crippen LogP contribution in [0, 0.1) is 5.92 Å². The lowest BCUT2D eigenvalue weighted by Gasteiger charge is -2.11. The highest BCUT2D eigenvalue weighted by molar-refractivity contribution is 7.80. The van der Waals surface area contributed by atoms with Crippen molar-refractivity contribution in [3.05, 3.63) is 0 Å². The zero-order valence-electron chi connectivity index (χ0n) is 6.53. The molecule has 0 aliphatic carbocycles. The van der Waals surface area contributed by atoms with E-state index in [1.165, 1.54) is 6.92 Å². The summed E-state index contributed by atoms with van der Waals surface area (Å²) in [4.78, 5) is 12.5. The molecule has 1 rings (SSSR count). The van der Waals surface area contributed by atoms with E-state index in [0.29, 0.717) is 18.8 Å². The Morgan fingerprint density at radius 3 is 2.64 bits per heavy atom. The predicted octanol–water partition coefficient (Wildman–Crippen LogP) is -0.245. The largest absolute Gasteiger partial charge is 0.391 e. The molecule has 0 aromatic carbocycles. The molecular formula is C7H13NO2S. The molecule has 2 unspecified atom stereocenters. The summed E-state index contributed by atoms with van der Waals surface area (Å²) in [5.41, 5.74) is 0. The zero-order chi connectivity index (χ0) is 8.43. The van der Waals surface area contributed by atoms with Gasteiger partial charge in [0.15, 0.2) is 0 Å². The van der Waals surface area contributed by atoms with Gasteiger partial charge in [0.2, 0.25) is 5.91 Å². The molecule has 1 aliphatic heterocycles. The van der Waals surface area contributed by atoms with Crippen molar-refractivity contribution in [2.75, 3.05) is 18.8 Å². The van der Waals surface area contributed by atoms with Gasteiger partial charge in [0.05, 0.1) is 6.10 Å². The van der Waals surface area contributed by atoms with E-state index in [1.807, 2.05) is 0 Å². The smallest absolute Gasteiger partial charge is 0.219 e. The zero-order valence-corrected chi connectivity index (χ0v) is 7.42. The summed E-state index contributed by atoms with van der Waals surface area (Å²) in [6.07, 6.45) is -0.378. The van der Waals surface area contributed by atoms with E-state index in [2.05, 4.69) is 12.6 Å². The number of thiol groups is 1. The molecule has 0 radical (unpaired) electrons. The number of carbonyl (C=O) groups is 1. The maximum Gasteiger partial charge on any atom is 0.219 e. The van der Waals surface area contributed by atoms with Crippen LogP contribution in [0.1, 0.15) is 6.92 Å². The molecule has 0 saturated carbocycles. The lowest BCUT2D eigenvalue weighted by molar-refractivity contribution is -0.128. The van der Waals surface area contributed by atoms with Gasteiger partial charge in [0.25, 0.3) is 0 Å². The van der Waals surface area contributed by atoms with Crippen LogP contribution in [0.25, 0.3) is 0 Å². The summed E-state index contributed by atoms with van der Waals surface area (Å²) in [7, 11) is 0. The van der Waals surface area contributed by atoms with Crippen LogP contribution in [-0.4, -0.2) is 40.9 Å². The number of likely N-dealkylation sites (tertiary alicyclic amines) is 1. The van der Waals surface area contributed by atoms with Gasteiger partial charge in [-0.25, -0.2) is 0 Å². The van der Waals surface area contributed by atoms with E-state index in [9.17, 15) is 9.90 Å². The number of aliphatic hydroxyl groups excluding tert-OH is 1. The molecule has 0 aromatic heterocycles. The summed E-state index contributed by atoms with van der Waals surface area (Å²) in [5.74, 6) is 0.834. The van der Waals surface area contributed by atoms with Gasteiger partial charge in [0, 0.05) is 25.9 Å². The molecule has 1 saturated heterocycles. The normalized spacial score (nSPS) is 31.0. The Morgan fingerprint density at radius 1 is 1.73 bits per heavy atom. The van der Waals surface area contributed by atoms with E-state index >= 15 is 0 Å². The van der Waals surface area contributed by atoms with Crippen molar-refractivity contribution >= 4 is 18.5 Å². The minimum atomic E-state index is -0.378. The summed E-state index contributed by atoms with van der Waals surface area (Å²) in [6.45, 7) is 2.65. The Balaban J connectivity index is 2.49. The summed E-state index contributed by atoms with van der Waals surface area (Å²) in [6, 6.07) is 0. The van der Waals surface area contributed by atoms with E-state index in [4.69, 9.17) is 0 Å². The summed E-state index contributed by atoms with van der Waals surface area (Å²) >= 11 is 4.09. The van der Waals surface area contributed by atoms with Crippen molar-refractivity contribution in [3.63, 3.8) is 0 Å². The maximum atomic E-state index is 10.8. The van der Waals surface area contributed by atoms with Gasteiger partial charge < -0.3 is 10.0 Å². The van der Waals surface area contributed by atoms with Crippen LogP contribution >= 0.6 is 12.6 Å². The third-order valence-electron chi connectivity index (χ3n) is 2.09. The topological polar surface area (TPSA) is 40.5 Å². The minimum absolute atomic E-state index is 0.0355. The Hall–Kier alpha value is -0.220. The molecule has 1 aliphatic rings. The first-order chi connectivity index (χ1) is 5.15. The first-order valence-corrected chi connectivity index (χ1v) is 4.33. The highest BCUT2D eigenvalue weighted by Gasteiger charge is 2.31. The SMILES string of the molecule is CC(=O)N1CC(O)C(CS)C1. The third kappa shape index (κ3) is 1.87. The molecule has 0 spiro atoms. The number of β-amino-alcohol motifs (C(OH)–C–C–N with tert-alkyl or cyclic N) is 1. The van der Waals surface area contributed by atoms with Crippen molar-refractivity contribution < 1.29 is 9.90 Å². The Kier molecular flexibility index (Phi) is 2.78. The van der Waals surface area contributed by atoms with Crippen LogP contribution in [0.2, 0.25) is 0 Å².